The van der Waals surface area contributed by atoms with Crippen LogP contribution in [0.3, 0.4) is 0 Å². The number of non-ortho nitro benzene ring substituents is 1. The summed E-state index contributed by atoms with van der Waals surface area (Å²) in [5.74, 6) is 0. The summed E-state index contributed by atoms with van der Waals surface area (Å²) < 4.78 is 24.5. The Morgan fingerprint density at radius 2 is 1.64 bits per heavy atom. The van der Waals surface area contributed by atoms with Gasteiger partial charge in [0.05, 0.1) is 20.3 Å². The third-order valence-electron chi connectivity index (χ3n) is 2.96. The van der Waals surface area contributed by atoms with Gasteiger partial charge in [0.1, 0.15) is 0 Å². The van der Waals surface area contributed by atoms with Crippen LogP contribution in [-0.4, -0.2) is 13.3 Å². The molecule has 0 aliphatic rings. The van der Waals surface area contributed by atoms with E-state index in [4.69, 9.17) is 11.6 Å². The summed E-state index contributed by atoms with van der Waals surface area (Å²) in [6, 6.07) is 11.7. The second-order valence-corrected chi connectivity index (χ2v) is 6.83. The zero-order valence-electron chi connectivity index (χ0n) is 11.6. The van der Waals surface area contributed by atoms with Crippen LogP contribution in [0, 0.1) is 17.0 Å². The number of nitro groups is 1. The smallest absolute Gasteiger partial charge is 0.258 e. The first-order valence-electron chi connectivity index (χ1n) is 6.23. The number of benzene rings is 2. The van der Waals surface area contributed by atoms with Crippen molar-refractivity contribution >= 4 is 32.2 Å². The molecule has 0 aliphatic heterocycles. The van der Waals surface area contributed by atoms with Crippen LogP contribution < -0.4 is 0 Å². The molecule has 0 aliphatic carbocycles. The molecular weight excluding hydrogens is 326 g/mol. The first-order chi connectivity index (χ1) is 10.3. The normalized spacial score (nSPS) is 12.2. The summed E-state index contributed by atoms with van der Waals surface area (Å²) >= 11 is 6.02. The Hall–Kier alpha value is -2.18. The fourth-order valence-electron chi connectivity index (χ4n) is 1.74. The van der Waals surface area contributed by atoms with Gasteiger partial charge < -0.3 is 0 Å². The van der Waals surface area contributed by atoms with Gasteiger partial charge in [0.2, 0.25) is 9.84 Å². The van der Waals surface area contributed by atoms with Crippen LogP contribution in [0.25, 0.3) is 5.03 Å². The first-order valence-corrected chi connectivity index (χ1v) is 8.16. The van der Waals surface area contributed by atoms with Gasteiger partial charge in [0, 0.05) is 12.1 Å². The molecule has 2 aromatic rings. The van der Waals surface area contributed by atoms with Crippen molar-refractivity contribution in [3.05, 3.63) is 75.2 Å². The highest BCUT2D eigenvalue weighted by atomic mass is 35.5. The number of nitrogens with zero attached hydrogens (tertiary/aromatic N) is 1. The van der Waals surface area contributed by atoms with Crippen LogP contribution in [0.15, 0.2) is 58.8 Å². The molecule has 0 amide bonds. The monoisotopic (exact) mass is 337 g/mol. The first kappa shape index (κ1) is 16.2. The number of halogens is 1. The fourth-order valence-corrected chi connectivity index (χ4v) is 3.28. The summed E-state index contributed by atoms with van der Waals surface area (Å²) in [7, 11) is -3.68. The lowest BCUT2D eigenvalue weighted by Gasteiger charge is -2.02. The van der Waals surface area contributed by atoms with E-state index < -0.39 is 14.8 Å². The van der Waals surface area contributed by atoms with Crippen LogP contribution in [0.4, 0.5) is 5.69 Å². The fraction of sp³-hybridized carbons (Fsp3) is 0.0667. The predicted octanol–water partition coefficient (Wildman–Crippen LogP) is 3.91. The highest BCUT2D eigenvalue weighted by Gasteiger charge is 2.13. The van der Waals surface area contributed by atoms with Crippen molar-refractivity contribution in [3.8, 4) is 0 Å². The van der Waals surface area contributed by atoms with E-state index in [0.717, 1.165) is 11.0 Å². The molecule has 0 unspecified atom stereocenters. The molecule has 0 heterocycles. The SMILES string of the molecule is Cc1ccc(S(=O)(=O)/C=C(\Cl)c2ccc([N+](=O)[O-])cc2)cc1. The molecule has 0 aromatic heterocycles. The molecule has 5 nitrogen and oxygen atoms in total. The van der Waals surface area contributed by atoms with E-state index in [-0.39, 0.29) is 15.6 Å². The topological polar surface area (TPSA) is 77.3 Å². The summed E-state index contributed by atoms with van der Waals surface area (Å²) in [5, 5.41) is 11.5. The molecule has 0 bridgehead atoms. The number of hydrogen-bond donors (Lipinski definition) is 0. The zero-order valence-corrected chi connectivity index (χ0v) is 13.1. The average Bonchev–Trinajstić information content (AvgIpc) is 2.47. The van der Waals surface area contributed by atoms with E-state index in [1.54, 1.807) is 12.1 Å². The highest BCUT2D eigenvalue weighted by Crippen LogP contribution is 2.25. The van der Waals surface area contributed by atoms with Gasteiger partial charge in [-0.3, -0.25) is 10.1 Å². The third kappa shape index (κ3) is 3.72. The minimum atomic E-state index is -3.68. The van der Waals surface area contributed by atoms with E-state index in [1.165, 1.54) is 36.4 Å². The molecule has 2 aromatic carbocycles. The van der Waals surface area contributed by atoms with Crippen molar-refractivity contribution < 1.29 is 13.3 Å². The maximum Gasteiger partial charge on any atom is 0.269 e. The summed E-state index contributed by atoms with van der Waals surface area (Å²) in [6.45, 7) is 1.86. The Morgan fingerprint density at radius 3 is 2.14 bits per heavy atom. The molecule has 0 spiro atoms. The lowest BCUT2D eigenvalue weighted by molar-refractivity contribution is -0.384. The number of hydrogen-bond acceptors (Lipinski definition) is 4. The van der Waals surface area contributed by atoms with Crippen LogP contribution in [0.1, 0.15) is 11.1 Å². The maximum absolute atomic E-state index is 12.2. The van der Waals surface area contributed by atoms with Crippen LogP contribution in [-0.2, 0) is 9.84 Å². The molecule has 0 saturated heterocycles. The summed E-state index contributed by atoms with van der Waals surface area (Å²) in [5.41, 5.74) is 1.25. The van der Waals surface area contributed by atoms with Gasteiger partial charge in [0.15, 0.2) is 0 Å². The third-order valence-corrected chi connectivity index (χ3v) is 4.89. The molecule has 2 rings (SSSR count). The Morgan fingerprint density at radius 1 is 1.09 bits per heavy atom. The van der Waals surface area contributed by atoms with Crippen LogP contribution >= 0.6 is 11.6 Å². The lowest BCUT2D eigenvalue weighted by atomic mass is 10.2. The average molecular weight is 338 g/mol. The van der Waals surface area contributed by atoms with Crippen LogP contribution in [0.2, 0.25) is 0 Å². The standard InChI is InChI=1S/C15H12ClNO4S/c1-11-2-8-14(9-3-11)22(20,21)10-15(16)12-4-6-13(7-5-12)17(18)19/h2-10H,1H3/b15-10-. The quantitative estimate of drug-likeness (QED) is 0.626. The van der Waals surface area contributed by atoms with E-state index in [1.807, 2.05) is 6.92 Å². The van der Waals surface area contributed by atoms with E-state index >= 15 is 0 Å². The van der Waals surface area contributed by atoms with Gasteiger partial charge in [-0.05, 0) is 36.8 Å². The summed E-state index contributed by atoms with van der Waals surface area (Å²) in [6.07, 6.45) is 0. The second-order valence-electron chi connectivity index (χ2n) is 4.63. The number of rotatable bonds is 4. The highest BCUT2D eigenvalue weighted by molar-refractivity contribution is 7.94. The molecule has 0 atom stereocenters. The van der Waals surface area contributed by atoms with Crippen molar-refractivity contribution in [2.24, 2.45) is 0 Å². The van der Waals surface area contributed by atoms with E-state index in [0.29, 0.717) is 5.56 Å². The number of sulfone groups is 1. The Balaban J connectivity index is 2.34. The Bertz CT molecular complexity index is 825. The largest absolute Gasteiger partial charge is 0.269 e. The maximum atomic E-state index is 12.2. The molecule has 7 heteroatoms. The molecule has 0 saturated carbocycles. The van der Waals surface area contributed by atoms with Crippen molar-refractivity contribution in [3.63, 3.8) is 0 Å². The predicted molar refractivity (Wildman–Crippen MR) is 85.3 cm³/mol. The van der Waals surface area contributed by atoms with Gasteiger partial charge >= 0.3 is 0 Å². The minimum Gasteiger partial charge on any atom is -0.258 e. The van der Waals surface area contributed by atoms with E-state index in [9.17, 15) is 18.5 Å². The lowest BCUT2D eigenvalue weighted by Crippen LogP contribution is -1.97. The van der Waals surface area contributed by atoms with E-state index in [2.05, 4.69) is 0 Å². The Labute approximate surface area is 132 Å². The Kier molecular flexibility index (Phi) is 4.63. The van der Waals surface area contributed by atoms with Crippen molar-refractivity contribution in [2.45, 2.75) is 11.8 Å². The van der Waals surface area contributed by atoms with Gasteiger partial charge in [-0.2, -0.15) is 0 Å². The molecule has 0 radical (unpaired) electrons. The van der Waals surface area contributed by atoms with Crippen molar-refractivity contribution in [1.82, 2.24) is 0 Å². The van der Waals surface area contributed by atoms with Gasteiger partial charge in [-0.1, -0.05) is 29.3 Å². The zero-order chi connectivity index (χ0) is 16.3. The van der Waals surface area contributed by atoms with Crippen molar-refractivity contribution in [2.75, 3.05) is 0 Å². The molecule has 0 fully saturated rings. The summed E-state index contributed by atoms with van der Waals surface area (Å²) in [4.78, 5) is 10.2. The minimum absolute atomic E-state index is 0.00419. The van der Waals surface area contributed by atoms with Gasteiger partial charge in [0.25, 0.3) is 5.69 Å². The van der Waals surface area contributed by atoms with Crippen molar-refractivity contribution in [1.29, 1.82) is 0 Å². The number of nitro benzene ring substituents is 1. The van der Waals surface area contributed by atoms with Gasteiger partial charge in [-0.15, -0.1) is 0 Å². The second kappa shape index (κ2) is 6.29. The molecule has 0 N–H and O–H groups in total. The molecule has 114 valence electrons. The molecular formula is C15H12ClNO4S. The molecule has 22 heavy (non-hydrogen) atoms. The van der Waals surface area contributed by atoms with Crippen LogP contribution in [0.5, 0.6) is 0 Å². The van der Waals surface area contributed by atoms with Gasteiger partial charge in [-0.25, -0.2) is 8.42 Å². The number of aryl methyl sites for hydroxylation is 1.